The minimum atomic E-state index is -1.44. The number of amides is 1. The number of aryl methyl sites for hydroxylation is 1. The largest absolute Gasteiger partial charge is 0.453 e. The van der Waals surface area contributed by atoms with Gasteiger partial charge in [0.05, 0.1) is 6.07 Å². The molecule has 0 bridgehead atoms. The molecule has 1 aromatic heterocycles. The molecule has 5 nitrogen and oxygen atoms in total. The van der Waals surface area contributed by atoms with Crippen molar-refractivity contribution in [2.75, 3.05) is 0 Å². The second-order valence-corrected chi connectivity index (χ2v) is 5.68. The number of nitrogens with zero attached hydrogens (tertiary/aromatic N) is 1. The van der Waals surface area contributed by atoms with Crippen LogP contribution < -0.4 is 5.32 Å². The summed E-state index contributed by atoms with van der Waals surface area (Å²) in [6.45, 7) is 2.00. The van der Waals surface area contributed by atoms with E-state index in [1.54, 1.807) is 25.1 Å². The highest BCUT2D eigenvalue weighted by molar-refractivity contribution is 6.13. The second kappa shape index (κ2) is 7.02. The average Bonchev–Trinajstić information content (AvgIpc) is 2.98. The average molecular weight is 332 g/mol. The van der Waals surface area contributed by atoms with Gasteiger partial charge in [0, 0.05) is 17.5 Å². The van der Waals surface area contributed by atoms with E-state index in [1.165, 1.54) is 0 Å². The Kier molecular flexibility index (Phi) is 4.62. The van der Waals surface area contributed by atoms with Crippen LogP contribution in [0.1, 0.15) is 21.7 Å². The quantitative estimate of drug-likeness (QED) is 0.573. The highest BCUT2D eigenvalue weighted by Crippen LogP contribution is 2.26. The van der Waals surface area contributed by atoms with Gasteiger partial charge in [0.1, 0.15) is 5.58 Å². The van der Waals surface area contributed by atoms with Gasteiger partial charge in [-0.1, -0.05) is 48.5 Å². The zero-order valence-corrected chi connectivity index (χ0v) is 13.7. The lowest BCUT2D eigenvalue weighted by Gasteiger charge is -2.09. The van der Waals surface area contributed by atoms with Gasteiger partial charge in [0.15, 0.2) is 11.7 Å². The summed E-state index contributed by atoms with van der Waals surface area (Å²) in [4.78, 5) is 24.9. The van der Waals surface area contributed by atoms with Crippen molar-refractivity contribution in [1.29, 1.82) is 5.26 Å². The molecule has 0 aliphatic rings. The Morgan fingerprint density at radius 2 is 1.80 bits per heavy atom. The maximum absolute atomic E-state index is 12.6. The molecule has 1 atom stereocenters. The maximum atomic E-state index is 12.6. The van der Waals surface area contributed by atoms with Crippen LogP contribution in [0.25, 0.3) is 11.0 Å². The molecule has 0 radical (unpaired) electrons. The van der Waals surface area contributed by atoms with Gasteiger partial charge in [-0.05, 0) is 18.6 Å². The molecule has 0 unspecified atom stereocenters. The summed E-state index contributed by atoms with van der Waals surface area (Å²) in [5.74, 6) is -2.64. The first kappa shape index (κ1) is 16.5. The zero-order chi connectivity index (χ0) is 17.8. The number of Topliss-reactive ketones (excluding diaryl/α,β-unsaturated/α-hetero) is 1. The van der Waals surface area contributed by atoms with E-state index in [4.69, 9.17) is 4.42 Å². The molecule has 3 aromatic rings. The fraction of sp³-hybridized carbons (Fsp3) is 0.150. The van der Waals surface area contributed by atoms with Crippen molar-refractivity contribution in [3.8, 4) is 6.07 Å². The summed E-state index contributed by atoms with van der Waals surface area (Å²) in [6, 6.07) is 18.3. The van der Waals surface area contributed by atoms with Crippen molar-refractivity contribution in [3.63, 3.8) is 0 Å². The number of hydrogen-bond donors (Lipinski definition) is 1. The van der Waals surface area contributed by atoms with E-state index in [2.05, 4.69) is 5.32 Å². The van der Waals surface area contributed by atoms with Gasteiger partial charge in [-0.3, -0.25) is 9.59 Å². The van der Waals surface area contributed by atoms with Crippen LogP contribution in [0.15, 0.2) is 59.0 Å². The summed E-state index contributed by atoms with van der Waals surface area (Å²) in [6.07, 6.45) is 0. The Labute approximate surface area is 144 Å². The number of benzene rings is 2. The normalized spacial score (nSPS) is 11.7. The number of furan rings is 1. The van der Waals surface area contributed by atoms with Crippen LogP contribution in [0.3, 0.4) is 0 Å². The minimum absolute atomic E-state index is 0.0580. The van der Waals surface area contributed by atoms with E-state index < -0.39 is 17.6 Å². The van der Waals surface area contributed by atoms with Crippen LogP contribution in [0.5, 0.6) is 0 Å². The van der Waals surface area contributed by atoms with E-state index in [0.29, 0.717) is 11.1 Å². The lowest BCUT2D eigenvalue weighted by Crippen LogP contribution is -2.34. The van der Waals surface area contributed by atoms with Crippen LogP contribution in [0.4, 0.5) is 0 Å². The number of nitrogens with one attached hydrogen (secondary N) is 1. The Bertz CT molecular complexity index is 968. The number of carbonyl (C=O) groups excluding carboxylic acids is 2. The third-order valence-electron chi connectivity index (χ3n) is 4.03. The van der Waals surface area contributed by atoms with E-state index in [1.807, 2.05) is 42.5 Å². The van der Waals surface area contributed by atoms with Crippen LogP contribution in [-0.2, 0) is 11.3 Å². The molecule has 1 amide bonds. The Balaban J connectivity index is 1.79. The van der Waals surface area contributed by atoms with Gasteiger partial charge < -0.3 is 9.73 Å². The van der Waals surface area contributed by atoms with Gasteiger partial charge in [-0.25, -0.2) is 0 Å². The summed E-state index contributed by atoms with van der Waals surface area (Å²) in [7, 11) is 0. The first-order valence-electron chi connectivity index (χ1n) is 7.85. The molecule has 0 spiro atoms. The van der Waals surface area contributed by atoms with Gasteiger partial charge in [-0.15, -0.1) is 0 Å². The molecule has 0 saturated heterocycles. The number of nitriles is 1. The number of rotatable bonds is 5. The van der Waals surface area contributed by atoms with Gasteiger partial charge in [-0.2, -0.15) is 5.26 Å². The Morgan fingerprint density at radius 1 is 1.12 bits per heavy atom. The van der Waals surface area contributed by atoms with Gasteiger partial charge in [0.2, 0.25) is 11.7 Å². The summed E-state index contributed by atoms with van der Waals surface area (Å²) >= 11 is 0. The van der Waals surface area contributed by atoms with Crippen LogP contribution >= 0.6 is 0 Å². The SMILES string of the molecule is Cc1c(C(=O)[C@H](C#N)C(=O)NCc2ccccc2)oc2ccccc12. The standard InChI is InChI=1S/C20H16N2O3/c1-13-15-9-5-6-10-17(15)25-19(13)18(23)16(11-21)20(24)22-12-14-7-3-2-4-8-14/h2-10,16H,12H2,1H3,(H,22,24)/t16-/m0/s1. The monoisotopic (exact) mass is 332 g/mol. The Morgan fingerprint density at radius 3 is 2.48 bits per heavy atom. The number of hydrogen-bond acceptors (Lipinski definition) is 4. The first-order chi connectivity index (χ1) is 12.1. The smallest absolute Gasteiger partial charge is 0.245 e. The van der Waals surface area contributed by atoms with E-state index in [9.17, 15) is 14.9 Å². The number of fused-ring (bicyclic) bond motifs is 1. The van der Waals surface area contributed by atoms with Crippen molar-refractivity contribution >= 4 is 22.7 Å². The molecule has 25 heavy (non-hydrogen) atoms. The minimum Gasteiger partial charge on any atom is -0.453 e. The summed E-state index contributed by atoms with van der Waals surface area (Å²) < 4.78 is 5.58. The second-order valence-electron chi connectivity index (χ2n) is 5.68. The Hall–Kier alpha value is -3.39. The third-order valence-corrected chi connectivity index (χ3v) is 4.03. The predicted molar refractivity (Wildman–Crippen MR) is 92.7 cm³/mol. The van der Waals surface area contributed by atoms with Crippen LogP contribution in [0.2, 0.25) is 0 Å². The lowest BCUT2D eigenvalue weighted by atomic mass is 9.99. The van der Waals surface area contributed by atoms with Crippen molar-refractivity contribution < 1.29 is 14.0 Å². The molecule has 124 valence electrons. The number of carbonyl (C=O) groups is 2. The fourth-order valence-electron chi connectivity index (χ4n) is 2.66. The molecule has 3 rings (SSSR count). The van der Waals surface area contributed by atoms with Crippen molar-refractivity contribution in [3.05, 3.63) is 71.5 Å². The molecule has 1 N–H and O–H groups in total. The molecule has 0 aliphatic heterocycles. The summed E-state index contributed by atoms with van der Waals surface area (Å²) in [5, 5.41) is 12.7. The van der Waals surface area contributed by atoms with E-state index in [0.717, 1.165) is 10.9 Å². The zero-order valence-electron chi connectivity index (χ0n) is 13.7. The highest BCUT2D eigenvalue weighted by atomic mass is 16.3. The summed E-state index contributed by atoms with van der Waals surface area (Å²) in [5.41, 5.74) is 2.08. The van der Waals surface area contributed by atoms with Crippen LogP contribution in [0, 0.1) is 24.2 Å². The molecule has 0 aliphatic carbocycles. The van der Waals surface area contributed by atoms with Crippen molar-refractivity contribution in [1.82, 2.24) is 5.32 Å². The number of ketones is 1. The van der Waals surface area contributed by atoms with Crippen molar-refractivity contribution in [2.24, 2.45) is 5.92 Å². The molecular formula is C20H16N2O3. The molecule has 1 heterocycles. The van der Waals surface area contributed by atoms with Gasteiger partial charge >= 0.3 is 0 Å². The molecule has 0 fully saturated rings. The molecule has 2 aromatic carbocycles. The first-order valence-corrected chi connectivity index (χ1v) is 7.85. The molecular weight excluding hydrogens is 316 g/mol. The third kappa shape index (κ3) is 3.29. The molecule has 0 saturated carbocycles. The van der Waals surface area contributed by atoms with Gasteiger partial charge in [0.25, 0.3) is 0 Å². The van der Waals surface area contributed by atoms with E-state index >= 15 is 0 Å². The maximum Gasteiger partial charge on any atom is 0.245 e. The van der Waals surface area contributed by atoms with Crippen molar-refractivity contribution in [2.45, 2.75) is 13.5 Å². The fourth-order valence-corrected chi connectivity index (χ4v) is 2.66. The lowest BCUT2D eigenvalue weighted by molar-refractivity contribution is -0.122. The number of para-hydroxylation sites is 1. The topological polar surface area (TPSA) is 83.1 Å². The highest BCUT2D eigenvalue weighted by Gasteiger charge is 2.31. The predicted octanol–water partition coefficient (Wildman–Crippen LogP) is 3.38. The van der Waals surface area contributed by atoms with E-state index in [-0.39, 0.29) is 12.3 Å². The molecule has 5 heteroatoms. The van der Waals surface area contributed by atoms with Crippen LogP contribution in [-0.4, -0.2) is 11.7 Å².